The van der Waals surface area contributed by atoms with Crippen molar-refractivity contribution in [1.29, 1.82) is 0 Å². The van der Waals surface area contributed by atoms with Crippen LogP contribution >= 0.6 is 0 Å². The Balaban J connectivity index is -0.000000966. The van der Waals surface area contributed by atoms with Crippen LogP contribution in [-0.2, 0) is 38.2 Å². The summed E-state index contributed by atoms with van der Waals surface area (Å²) < 4.78 is 8.93. The average Bonchev–Trinajstić information content (AvgIpc) is 3.13. The quantitative estimate of drug-likeness (QED) is 0.0197. The summed E-state index contributed by atoms with van der Waals surface area (Å²) in [5.74, 6) is -6.16. The van der Waals surface area contributed by atoms with E-state index >= 15 is 0 Å². The van der Waals surface area contributed by atoms with Crippen LogP contribution in [0.4, 0.5) is 0 Å². The summed E-state index contributed by atoms with van der Waals surface area (Å²) in [5.41, 5.74) is 0. The van der Waals surface area contributed by atoms with Gasteiger partial charge in [-0.3, -0.25) is 9.59 Å². The molecule has 0 unspecified atom stereocenters. The zero-order valence-electron chi connectivity index (χ0n) is 34.7. The van der Waals surface area contributed by atoms with Gasteiger partial charge in [-0.05, 0) is 25.0 Å². The molecule has 0 aromatic rings. The molecule has 0 amide bonds. The van der Waals surface area contributed by atoms with Crippen LogP contribution in [0.5, 0.6) is 0 Å². The van der Waals surface area contributed by atoms with Gasteiger partial charge >= 0.3 is 46.9 Å². The molecule has 55 heavy (non-hydrogen) atoms. The molecular formula is C44H74MgO10. The molecule has 0 saturated heterocycles. The Bertz CT molecular complexity index is 944. The summed E-state index contributed by atoms with van der Waals surface area (Å²) in [5, 5.41) is 20.3. The third-order valence-electron chi connectivity index (χ3n) is 9.11. The third kappa shape index (κ3) is 51.5. The van der Waals surface area contributed by atoms with Gasteiger partial charge < -0.3 is 29.3 Å². The Kier molecular flexibility index (Phi) is 47.3. The monoisotopic (exact) mass is 787 g/mol. The Morgan fingerprint density at radius 1 is 0.345 bits per heavy atom. The van der Waals surface area contributed by atoms with Crippen LogP contribution in [0, 0.1) is 0 Å². The number of rotatable bonds is 36. The molecule has 0 aliphatic carbocycles. The second kappa shape index (κ2) is 45.9. The van der Waals surface area contributed by atoms with E-state index in [1.165, 1.54) is 154 Å². The number of hydrogen-bond acceptors (Lipinski definition) is 10. The van der Waals surface area contributed by atoms with Crippen molar-refractivity contribution in [2.24, 2.45) is 0 Å². The molecular weight excluding hydrogens is 713 g/mol. The number of esters is 4. The van der Waals surface area contributed by atoms with E-state index in [2.05, 4.69) is 23.3 Å². The minimum Gasteiger partial charge on any atom is -0.545 e. The summed E-state index contributed by atoms with van der Waals surface area (Å²) in [7, 11) is 0. The normalized spacial score (nSPS) is 10.8. The fraction of sp³-hybridized carbons (Fsp3) is 0.773. The van der Waals surface area contributed by atoms with Crippen LogP contribution in [0.2, 0.25) is 0 Å². The van der Waals surface area contributed by atoms with Gasteiger partial charge in [0.15, 0.2) is 0 Å². The molecule has 0 heterocycles. The first kappa shape index (κ1) is 56.8. The van der Waals surface area contributed by atoms with Gasteiger partial charge in [0.05, 0.1) is 11.9 Å². The fourth-order valence-corrected chi connectivity index (χ4v) is 5.95. The Morgan fingerprint density at radius 2 is 0.545 bits per heavy atom. The molecule has 0 rings (SSSR count). The summed E-state index contributed by atoms with van der Waals surface area (Å²) >= 11 is 0. The maximum Gasteiger partial charge on any atom is 2.00 e. The van der Waals surface area contributed by atoms with Gasteiger partial charge in [0.25, 0.3) is 0 Å². The zero-order chi connectivity index (χ0) is 40.3. The predicted molar refractivity (Wildman–Crippen MR) is 215 cm³/mol. The summed E-state index contributed by atoms with van der Waals surface area (Å²) in [6, 6.07) is 0. The first-order valence-electron chi connectivity index (χ1n) is 21.4. The van der Waals surface area contributed by atoms with E-state index in [1.807, 2.05) is 0 Å². The molecule has 312 valence electrons. The molecule has 0 N–H and O–H groups in total. The van der Waals surface area contributed by atoms with Crippen LogP contribution in [0.25, 0.3) is 0 Å². The van der Waals surface area contributed by atoms with Crippen molar-refractivity contribution in [3.8, 4) is 0 Å². The molecule has 10 nitrogen and oxygen atoms in total. The summed E-state index contributed by atoms with van der Waals surface area (Å²) in [6.45, 7) is 4.50. The van der Waals surface area contributed by atoms with Gasteiger partial charge in [0.2, 0.25) is 0 Å². The van der Waals surface area contributed by atoms with Gasteiger partial charge in [0, 0.05) is 25.0 Å². The molecule has 0 aromatic carbocycles. The van der Waals surface area contributed by atoms with Crippen LogP contribution in [0.3, 0.4) is 0 Å². The molecule has 0 aromatic heterocycles. The van der Waals surface area contributed by atoms with E-state index < -0.39 is 35.8 Å². The van der Waals surface area contributed by atoms with Crippen molar-refractivity contribution >= 4 is 58.9 Å². The molecule has 0 fully saturated rings. The molecule has 0 spiro atoms. The first-order chi connectivity index (χ1) is 26.1. The van der Waals surface area contributed by atoms with Crippen molar-refractivity contribution < 1.29 is 48.5 Å². The molecule has 0 radical (unpaired) electrons. The van der Waals surface area contributed by atoms with E-state index in [1.54, 1.807) is 0 Å². The number of carbonyl (C=O) groups is 6. The van der Waals surface area contributed by atoms with Gasteiger partial charge in [-0.2, -0.15) is 0 Å². The van der Waals surface area contributed by atoms with E-state index in [0.717, 1.165) is 25.7 Å². The molecule has 0 aliphatic rings. The molecule has 0 saturated carbocycles. The number of carbonyl (C=O) groups excluding carboxylic acids is 6. The number of unbranched alkanes of at least 4 members (excludes halogenated alkanes) is 28. The predicted octanol–water partition coefficient (Wildman–Crippen LogP) is 8.87. The minimum absolute atomic E-state index is 0. The van der Waals surface area contributed by atoms with Crippen LogP contribution in [-0.4, -0.2) is 58.9 Å². The number of ether oxygens (including phenoxy) is 2. The number of aliphatic carboxylic acids is 2. The topological polar surface area (TPSA) is 167 Å². The number of carboxylic acid groups (broad SMARTS) is 2. The Labute approximate surface area is 349 Å². The van der Waals surface area contributed by atoms with Crippen LogP contribution < -0.4 is 10.2 Å². The molecule has 0 bridgehead atoms. The molecule has 11 heteroatoms. The summed E-state index contributed by atoms with van der Waals surface area (Å²) in [6.07, 6.45) is 40.2. The van der Waals surface area contributed by atoms with Crippen molar-refractivity contribution in [3.63, 3.8) is 0 Å². The zero-order valence-corrected chi connectivity index (χ0v) is 36.1. The minimum atomic E-state index is -1.50. The third-order valence-corrected chi connectivity index (χ3v) is 9.11. The van der Waals surface area contributed by atoms with Gasteiger partial charge in [-0.25, -0.2) is 9.59 Å². The van der Waals surface area contributed by atoms with Gasteiger partial charge in [-0.1, -0.05) is 194 Å². The van der Waals surface area contributed by atoms with E-state index in [4.69, 9.17) is 0 Å². The van der Waals surface area contributed by atoms with Gasteiger partial charge in [-0.15, -0.1) is 0 Å². The standard InChI is InChI=1S/2C22H38O5.Mg/c2*1-2-3-4-5-6-7-8-9-10-11-12-13-14-15-16-17-21(25)27-22(26)19-18-20(23)24;/h2*18-19H,2-17H2,1H3,(H,23,24);/q;;+2/p-2/b2*19-18+;. The van der Waals surface area contributed by atoms with Crippen LogP contribution in [0.15, 0.2) is 24.3 Å². The van der Waals surface area contributed by atoms with Crippen molar-refractivity contribution in [2.75, 3.05) is 0 Å². The summed E-state index contributed by atoms with van der Waals surface area (Å²) in [4.78, 5) is 65.2. The van der Waals surface area contributed by atoms with E-state index in [-0.39, 0.29) is 35.9 Å². The Morgan fingerprint density at radius 3 is 0.745 bits per heavy atom. The SMILES string of the molecule is CCCCCCCCCCCCCCCCCC(=O)OC(=O)/C=C/C(=O)[O-].CCCCCCCCCCCCCCCCCC(=O)OC(=O)/C=C/C(=O)[O-].[Mg+2]. The van der Waals surface area contributed by atoms with Crippen LogP contribution in [0.1, 0.15) is 219 Å². The average molecular weight is 787 g/mol. The van der Waals surface area contributed by atoms with E-state index in [0.29, 0.717) is 37.1 Å². The maximum atomic E-state index is 11.4. The largest absolute Gasteiger partial charge is 2.00 e. The number of hydrogen-bond donors (Lipinski definition) is 0. The van der Waals surface area contributed by atoms with Crippen molar-refractivity contribution in [3.05, 3.63) is 24.3 Å². The molecule has 0 atom stereocenters. The van der Waals surface area contributed by atoms with Gasteiger partial charge in [0.1, 0.15) is 0 Å². The fourth-order valence-electron chi connectivity index (χ4n) is 5.95. The maximum absolute atomic E-state index is 11.4. The first-order valence-corrected chi connectivity index (χ1v) is 21.4. The second-order valence-corrected chi connectivity index (χ2v) is 14.3. The number of carboxylic acids is 2. The molecule has 0 aliphatic heterocycles. The van der Waals surface area contributed by atoms with Crippen molar-refractivity contribution in [1.82, 2.24) is 0 Å². The van der Waals surface area contributed by atoms with E-state index in [9.17, 15) is 39.0 Å². The second-order valence-electron chi connectivity index (χ2n) is 14.3. The smallest absolute Gasteiger partial charge is 0.545 e. The van der Waals surface area contributed by atoms with Crippen molar-refractivity contribution in [2.45, 2.75) is 219 Å². The Hall–Kier alpha value is -2.53.